The molecular formula is C16H18F2N2O. The van der Waals surface area contributed by atoms with Crippen LogP contribution in [0, 0.1) is 17.6 Å². The van der Waals surface area contributed by atoms with Gasteiger partial charge in [-0.15, -0.1) is 0 Å². The molecule has 1 spiro atoms. The second kappa shape index (κ2) is 4.50. The van der Waals surface area contributed by atoms with Crippen molar-refractivity contribution in [3.63, 3.8) is 0 Å². The van der Waals surface area contributed by atoms with E-state index in [1.807, 2.05) is 0 Å². The molecule has 112 valence electrons. The Balaban J connectivity index is 1.62. The van der Waals surface area contributed by atoms with Gasteiger partial charge in [0.2, 0.25) is 5.91 Å². The SMILES string of the molecule is O=C1N(CCC2CC2)C(c2ccc(F)cc2F)NC12CC2. The zero-order valence-corrected chi connectivity index (χ0v) is 11.7. The smallest absolute Gasteiger partial charge is 0.244 e. The van der Waals surface area contributed by atoms with Crippen molar-refractivity contribution in [1.82, 2.24) is 10.2 Å². The number of carbonyl (C=O) groups is 1. The molecule has 3 aliphatic rings. The highest BCUT2D eigenvalue weighted by molar-refractivity contribution is 5.92. The van der Waals surface area contributed by atoms with Crippen molar-refractivity contribution in [2.75, 3.05) is 6.54 Å². The number of carbonyl (C=O) groups excluding carboxylic acids is 1. The lowest BCUT2D eigenvalue weighted by Crippen LogP contribution is -2.33. The second-order valence-electron chi connectivity index (χ2n) is 6.53. The number of rotatable bonds is 4. The number of benzene rings is 1. The van der Waals surface area contributed by atoms with Crippen LogP contribution in [0.5, 0.6) is 0 Å². The van der Waals surface area contributed by atoms with Crippen LogP contribution in [0.3, 0.4) is 0 Å². The molecule has 5 heteroatoms. The lowest BCUT2D eigenvalue weighted by molar-refractivity contribution is -0.131. The molecule has 21 heavy (non-hydrogen) atoms. The third-order valence-electron chi connectivity index (χ3n) is 4.88. The van der Waals surface area contributed by atoms with Crippen LogP contribution in [-0.4, -0.2) is 22.9 Å². The zero-order valence-electron chi connectivity index (χ0n) is 11.7. The van der Waals surface area contributed by atoms with E-state index in [1.54, 1.807) is 4.90 Å². The van der Waals surface area contributed by atoms with Crippen LogP contribution in [0.4, 0.5) is 8.78 Å². The predicted octanol–water partition coefficient (Wildman–Crippen LogP) is 2.73. The molecule has 2 saturated carbocycles. The van der Waals surface area contributed by atoms with Gasteiger partial charge in [-0.25, -0.2) is 8.78 Å². The number of halogens is 2. The summed E-state index contributed by atoms with van der Waals surface area (Å²) in [5.74, 6) is -0.384. The molecule has 2 aliphatic carbocycles. The molecule has 4 rings (SSSR count). The van der Waals surface area contributed by atoms with Crippen LogP contribution < -0.4 is 5.32 Å². The van der Waals surface area contributed by atoms with Gasteiger partial charge < -0.3 is 4.90 Å². The maximum atomic E-state index is 14.1. The number of nitrogens with zero attached hydrogens (tertiary/aromatic N) is 1. The Morgan fingerprint density at radius 2 is 2.05 bits per heavy atom. The summed E-state index contributed by atoms with van der Waals surface area (Å²) in [5, 5.41) is 3.28. The molecular weight excluding hydrogens is 274 g/mol. The van der Waals surface area contributed by atoms with E-state index in [1.165, 1.54) is 25.0 Å². The normalized spacial score (nSPS) is 26.7. The molecule has 1 unspecified atom stereocenters. The molecule has 3 nitrogen and oxygen atoms in total. The fourth-order valence-corrected chi connectivity index (χ4v) is 3.20. The molecule has 3 fully saturated rings. The predicted molar refractivity (Wildman–Crippen MR) is 73.3 cm³/mol. The average Bonchev–Trinajstić information content (AvgIpc) is 3.32. The molecule has 1 saturated heterocycles. The van der Waals surface area contributed by atoms with Gasteiger partial charge in [0, 0.05) is 18.2 Å². The Morgan fingerprint density at radius 1 is 1.29 bits per heavy atom. The van der Waals surface area contributed by atoms with Gasteiger partial charge in [-0.2, -0.15) is 0 Å². The highest BCUT2D eigenvalue weighted by Gasteiger charge is 2.59. The van der Waals surface area contributed by atoms with E-state index in [9.17, 15) is 13.6 Å². The van der Waals surface area contributed by atoms with Gasteiger partial charge in [-0.1, -0.05) is 12.8 Å². The van der Waals surface area contributed by atoms with Gasteiger partial charge in [-0.3, -0.25) is 10.1 Å². The van der Waals surface area contributed by atoms with E-state index < -0.39 is 23.3 Å². The highest BCUT2D eigenvalue weighted by Crippen LogP contribution is 2.47. The van der Waals surface area contributed by atoms with Gasteiger partial charge in [0.25, 0.3) is 0 Å². The first-order valence-corrected chi connectivity index (χ1v) is 7.63. The van der Waals surface area contributed by atoms with Crippen molar-refractivity contribution in [3.05, 3.63) is 35.4 Å². The minimum atomic E-state index is -0.591. The van der Waals surface area contributed by atoms with E-state index in [4.69, 9.17) is 0 Å². The molecule has 0 radical (unpaired) electrons. The lowest BCUT2D eigenvalue weighted by atomic mass is 10.1. The summed E-state index contributed by atoms with van der Waals surface area (Å²) in [7, 11) is 0. The third kappa shape index (κ3) is 2.24. The van der Waals surface area contributed by atoms with Gasteiger partial charge in [0.15, 0.2) is 0 Å². The standard InChI is InChI=1S/C16H18F2N2O/c17-11-3-4-12(13(18)9-11)14-19-16(6-7-16)15(21)20(14)8-5-10-1-2-10/h3-4,9-10,14,19H,1-2,5-8H2. The van der Waals surface area contributed by atoms with Crippen LogP contribution in [0.25, 0.3) is 0 Å². The average molecular weight is 292 g/mol. The Labute approximate surface area is 122 Å². The summed E-state index contributed by atoms with van der Waals surface area (Å²) in [6, 6.07) is 3.58. The molecule has 1 aliphatic heterocycles. The van der Waals surface area contributed by atoms with Crippen LogP contribution in [0.1, 0.15) is 43.8 Å². The van der Waals surface area contributed by atoms with Crippen LogP contribution in [0.15, 0.2) is 18.2 Å². The number of nitrogens with one attached hydrogen (secondary N) is 1. The fraction of sp³-hybridized carbons (Fsp3) is 0.562. The van der Waals surface area contributed by atoms with Crippen molar-refractivity contribution >= 4 is 5.91 Å². The largest absolute Gasteiger partial charge is 0.321 e. The van der Waals surface area contributed by atoms with Gasteiger partial charge in [-0.05, 0) is 37.3 Å². The van der Waals surface area contributed by atoms with Gasteiger partial charge >= 0.3 is 0 Å². The molecule has 0 aromatic heterocycles. The summed E-state index contributed by atoms with van der Waals surface area (Å²) in [4.78, 5) is 14.3. The van der Waals surface area contributed by atoms with E-state index in [2.05, 4.69) is 5.32 Å². The molecule has 0 bridgehead atoms. The van der Waals surface area contributed by atoms with E-state index in [-0.39, 0.29) is 5.91 Å². The van der Waals surface area contributed by atoms with E-state index in [0.717, 1.165) is 25.3 Å². The molecule has 1 aromatic carbocycles. The minimum Gasteiger partial charge on any atom is -0.321 e. The Morgan fingerprint density at radius 3 is 2.67 bits per heavy atom. The number of hydrogen-bond acceptors (Lipinski definition) is 2. The van der Waals surface area contributed by atoms with Gasteiger partial charge in [0.05, 0.1) is 0 Å². The molecule has 1 atom stereocenters. The molecule has 1 amide bonds. The Bertz CT molecular complexity index is 596. The Kier molecular flexibility index (Phi) is 2.83. The first-order valence-electron chi connectivity index (χ1n) is 7.63. The van der Waals surface area contributed by atoms with Crippen LogP contribution in [-0.2, 0) is 4.79 Å². The van der Waals surface area contributed by atoms with Crippen molar-refractivity contribution in [3.8, 4) is 0 Å². The summed E-state index contributed by atoms with van der Waals surface area (Å²) in [6.07, 6.45) is 4.60. The van der Waals surface area contributed by atoms with E-state index >= 15 is 0 Å². The van der Waals surface area contributed by atoms with Crippen LogP contribution >= 0.6 is 0 Å². The van der Waals surface area contributed by atoms with Crippen molar-refractivity contribution in [2.24, 2.45) is 5.92 Å². The van der Waals surface area contributed by atoms with E-state index in [0.29, 0.717) is 18.0 Å². The zero-order chi connectivity index (χ0) is 14.6. The highest BCUT2D eigenvalue weighted by atomic mass is 19.1. The molecule has 1 N–H and O–H groups in total. The summed E-state index contributed by atoms with van der Waals surface area (Å²) in [5.41, 5.74) is -0.112. The van der Waals surface area contributed by atoms with Crippen LogP contribution in [0.2, 0.25) is 0 Å². The molecule has 1 aromatic rings. The quantitative estimate of drug-likeness (QED) is 0.925. The lowest BCUT2D eigenvalue weighted by Gasteiger charge is -2.25. The summed E-state index contributed by atoms with van der Waals surface area (Å²) < 4.78 is 27.2. The summed E-state index contributed by atoms with van der Waals surface area (Å²) in [6.45, 7) is 0.653. The fourth-order valence-electron chi connectivity index (χ4n) is 3.20. The van der Waals surface area contributed by atoms with Crippen molar-refractivity contribution < 1.29 is 13.6 Å². The molecule has 1 heterocycles. The third-order valence-corrected chi connectivity index (χ3v) is 4.88. The second-order valence-corrected chi connectivity index (χ2v) is 6.53. The first-order chi connectivity index (χ1) is 10.1. The minimum absolute atomic E-state index is 0.0804. The maximum Gasteiger partial charge on any atom is 0.244 e. The van der Waals surface area contributed by atoms with Gasteiger partial charge in [0.1, 0.15) is 23.3 Å². The first kappa shape index (κ1) is 13.2. The summed E-state index contributed by atoms with van der Waals surface area (Å²) >= 11 is 0. The van der Waals surface area contributed by atoms with Crippen molar-refractivity contribution in [1.29, 1.82) is 0 Å². The van der Waals surface area contributed by atoms with Crippen molar-refractivity contribution in [2.45, 2.75) is 43.8 Å². The maximum absolute atomic E-state index is 14.1. The number of amides is 1. The topological polar surface area (TPSA) is 32.3 Å². The Hall–Kier alpha value is -1.49. The monoisotopic (exact) mass is 292 g/mol. The number of hydrogen-bond donors (Lipinski definition) is 1.